The molecule has 1 aromatic carbocycles. The van der Waals surface area contributed by atoms with Gasteiger partial charge in [-0.25, -0.2) is 4.98 Å². The number of alkyl halides is 3. The van der Waals surface area contributed by atoms with Crippen molar-refractivity contribution in [3.05, 3.63) is 46.1 Å². The fraction of sp³-hybridized carbons (Fsp3) is 0.368. The Hall–Kier alpha value is -2.29. The normalized spacial score (nSPS) is 12.8. The maximum atomic E-state index is 12.5. The van der Waals surface area contributed by atoms with E-state index in [9.17, 15) is 13.2 Å². The topological polar surface area (TPSA) is 55.7 Å². The number of hydrogen-bond acceptors (Lipinski definition) is 5. The molecule has 9 heteroatoms. The van der Waals surface area contributed by atoms with Crippen molar-refractivity contribution in [1.29, 1.82) is 0 Å². The zero-order valence-corrected chi connectivity index (χ0v) is 17.3. The SMILES string of the molecule is CCOc1cc(/C=N\Nc2ccc(C(F)(F)F)cn2)cc(Br)c1O[C@H](C)CC. The second kappa shape index (κ2) is 9.77. The van der Waals surface area contributed by atoms with Gasteiger partial charge in [-0.1, -0.05) is 6.92 Å². The van der Waals surface area contributed by atoms with E-state index in [4.69, 9.17) is 9.47 Å². The largest absolute Gasteiger partial charge is 0.490 e. The van der Waals surface area contributed by atoms with Crippen molar-refractivity contribution in [3.8, 4) is 11.5 Å². The third-order valence-corrected chi connectivity index (χ3v) is 4.30. The zero-order valence-electron chi connectivity index (χ0n) is 15.7. The smallest absolute Gasteiger partial charge is 0.417 e. The molecule has 152 valence electrons. The van der Waals surface area contributed by atoms with Crippen LogP contribution in [-0.2, 0) is 6.18 Å². The summed E-state index contributed by atoms with van der Waals surface area (Å²) in [7, 11) is 0. The van der Waals surface area contributed by atoms with Crippen molar-refractivity contribution in [2.24, 2.45) is 5.10 Å². The number of hydrogen-bond donors (Lipinski definition) is 1. The van der Waals surface area contributed by atoms with E-state index in [0.717, 1.165) is 18.7 Å². The van der Waals surface area contributed by atoms with Crippen LogP contribution in [0, 0.1) is 0 Å². The number of anilines is 1. The zero-order chi connectivity index (χ0) is 20.7. The van der Waals surface area contributed by atoms with Crippen molar-refractivity contribution in [1.82, 2.24) is 4.98 Å². The second-order valence-corrected chi connectivity index (χ2v) is 6.75. The summed E-state index contributed by atoms with van der Waals surface area (Å²) in [4.78, 5) is 3.70. The number of rotatable bonds is 8. The molecule has 0 unspecified atom stereocenters. The lowest BCUT2D eigenvalue weighted by Crippen LogP contribution is -2.11. The van der Waals surface area contributed by atoms with Crippen molar-refractivity contribution in [3.63, 3.8) is 0 Å². The molecule has 2 aromatic rings. The average molecular weight is 460 g/mol. The van der Waals surface area contributed by atoms with Gasteiger partial charge in [-0.15, -0.1) is 0 Å². The van der Waals surface area contributed by atoms with Crippen LogP contribution in [0.2, 0.25) is 0 Å². The minimum atomic E-state index is -4.42. The first kappa shape index (κ1) is 22.0. The van der Waals surface area contributed by atoms with Gasteiger partial charge in [0.15, 0.2) is 11.5 Å². The van der Waals surface area contributed by atoms with Gasteiger partial charge in [-0.05, 0) is 66.0 Å². The van der Waals surface area contributed by atoms with Gasteiger partial charge in [0.1, 0.15) is 5.82 Å². The number of ether oxygens (including phenoxy) is 2. The van der Waals surface area contributed by atoms with E-state index >= 15 is 0 Å². The Morgan fingerprint density at radius 2 is 2.04 bits per heavy atom. The Bertz CT molecular complexity index is 811. The van der Waals surface area contributed by atoms with Gasteiger partial charge in [0.25, 0.3) is 0 Å². The molecular weight excluding hydrogens is 439 g/mol. The van der Waals surface area contributed by atoms with Crippen molar-refractivity contribution in [2.45, 2.75) is 39.5 Å². The summed E-state index contributed by atoms with van der Waals surface area (Å²) in [5, 5.41) is 4.02. The van der Waals surface area contributed by atoms with E-state index in [-0.39, 0.29) is 11.9 Å². The highest BCUT2D eigenvalue weighted by Gasteiger charge is 2.30. The molecule has 1 atom stereocenters. The minimum Gasteiger partial charge on any atom is -0.490 e. The molecule has 0 aliphatic rings. The summed E-state index contributed by atoms with van der Waals surface area (Å²) in [6, 6.07) is 5.74. The summed E-state index contributed by atoms with van der Waals surface area (Å²) in [6.07, 6.45) is -1.27. The van der Waals surface area contributed by atoms with Crippen LogP contribution in [0.5, 0.6) is 11.5 Å². The maximum Gasteiger partial charge on any atom is 0.417 e. The number of hydrazone groups is 1. The Balaban J connectivity index is 2.14. The molecule has 1 aromatic heterocycles. The van der Waals surface area contributed by atoms with Gasteiger partial charge in [-0.3, -0.25) is 5.43 Å². The third-order valence-electron chi connectivity index (χ3n) is 3.71. The highest BCUT2D eigenvalue weighted by Crippen LogP contribution is 2.37. The van der Waals surface area contributed by atoms with Gasteiger partial charge < -0.3 is 9.47 Å². The van der Waals surface area contributed by atoms with Crippen LogP contribution in [0.3, 0.4) is 0 Å². The lowest BCUT2D eigenvalue weighted by atomic mass is 10.2. The van der Waals surface area contributed by atoms with Gasteiger partial charge in [0.2, 0.25) is 0 Å². The number of benzene rings is 1. The first-order chi connectivity index (χ1) is 13.2. The molecule has 0 radical (unpaired) electrons. The number of pyridine rings is 1. The first-order valence-electron chi connectivity index (χ1n) is 8.69. The predicted molar refractivity (Wildman–Crippen MR) is 106 cm³/mol. The molecule has 0 bridgehead atoms. The number of nitrogens with one attached hydrogen (secondary N) is 1. The molecule has 2 rings (SSSR count). The molecule has 0 spiro atoms. The summed E-state index contributed by atoms with van der Waals surface area (Å²) in [6.45, 7) is 6.34. The molecule has 1 heterocycles. The minimum absolute atomic E-state index is 0.0300. The monoisotopic (exact) mass is 459 g/mol. The molecule has 1 N–H and O–H groups in total. The molecule has 0 amide bonds. The second-order valence-electron chi connectivity index (χ2n) is 5.90. The van der Waals surface area contributed by atoms with Gasteiger partial charge in [0.05, 0.1) is 29.0 Å². The lowest BCUT2D eigenvalue weighted by Gasteiger charge is -2.18. The van der Waals surface area contributed by atoms with Crippen LogP contribution in [0.15, 0.2) is 40.0 Å². The van der Waals surface area contributed by atoms with Crippen LogP contribution in [0.1, 0.15) is 38.3 Å². The Kier molecular flexibility index (Phi) is 7.68. The summed E-state index contributed by atoms with van der Waals surface area (Å²) in [5.74, 6) is 1.39. The average Bonchev–Trinajstić information content (AvgIpc) is 2.64. The standard InChI is InChI=1S/C19H21BrF3N3O2/c1-4-12(3)28-18-15(20)8-13(9-16(18)27-5-2)10-25-26-17-7-6-14(11-24-17)19(21,22)23/h6-12H,4-5H2,1-3H3,(H,24,26)/b25-10-/t12-/m1/s1. The van der Waals surface area contributed by atoms with Crippen molar-refractivity contribution in [2.75, 3.05) is 12.0 Å². The summed E-state index contributed by atoms with van der Waals surface area (Å²) < 4.78 is 49.9. The van der Waals surface area contributed by atoms with Gasteiger partial charge >= 0.3 is 6.18 Å². The number of aromatic nitrogens is 1. The summed E-state index contributed by atoms with van der Waals surface area (Å²) in [5.41, 5.74) is 2.50. The van der Waals surface area contributed by atoms with Crippen molar-refractivity contribution < 1.29 is 22.6 Å². The van der Waals surface area contributed by atoms with E-state index < -0.39 is 11.7 Å². The van der Waals surface area contributed by atoms with E-state index in [1.165, 1.54) is 12.3 Å². The molecule has 0 fully saturated rings. The van der Waals surface area contributed by atoms with E-state index in [1.54, 1.807) is 6.07 Å². The number of nitrogens with zero attached hydrogens (tertiary/aromatic N) is 2. The maximum absolute atomic E-state index is 12.5. The molecule has 0 saturated carbocycles. The molecule has 0 aliphatic heterocycles. The van der Waals surface area contributed by atoms with Crippen LogP contribution in [-0.4, -0.2) is 23.9 Å². The summed E-state index contributed by atoms with van der Waals surface area (Å²) >= 11 is 3.48. The Labute approximate surface area is 170 Å². The van der Waals surface area contributed by atoms with E-state index in [0.29, 0.717) is 28.1 Å². The molecule has 5 nitrogen and oxygen atoms in total. The first-order valence-corrected chi connectivity index (χ1v) is 9.49. The van der Waals surface area contributed by atoms with Crippen LogP contribution < -0.4 is 14.9 Å². The van der Waals surface area contributed by atoms with E-state index in [1.807, 2.05) is 26.8 Å². The Morgan fingerprint density at radius 3 is 2.61 bits per heavy atom. The van der Waals surface area contributed by atoms with Crippen molar-refractivity contribution >= 4 is 28.0 Å². The lowest BCUT2D eigenvalue weighted by molar-refractivity contribution is -0.137. The van der Waals surface area contributed by atoms with Crippen LogP contribution in [0.25, 0.3) is 0 Å². The fourth-order valence-electron chi connectivity index (χ4n) is 2.12. The molecule has 0 aliphatic carbocycles. The Morgan fingerprint density at radius 1 is 1.29 bits per heavy atom. The van der Waals surface area contributed by atoms with Gasteiger partial charge in [0, 0.05) is 6.20 Å². The van der Waals surface area contributed by atoms with Gasteiger partial charge in [-0.2, -0.15) is 18.3 Å². The van der Waals surface area contributed by atoms with Crippen LogP contribution in [0.4, 0.5) is 19.0 Å². The van der Waals surface area contributed by atoms with E-state index in [2.05, 4.69) is 31.4 Å². The molecule has 0 saturated heterocycles. The predicted octanol–water partition coefficient (Wildman–Crippen LogP) is 5.88. The number of halogens is 4. The quantitative estimate of drug-likeness (QED) is 0.395. The highest BCUT2D eigenvalue weighted by molar-refractivity contribution is 9.10. The fourth-order valence-corrected chi connectivity index (χ4v) is 2.68. The molecular formula is C19H21BrF3N3O2. The van der Waals surface area contributed by atoms with Crippen LogP contribution >= 0.6 is 15.9 Å². The highest BCUT2D eigenvalue weighted by atomic mass is 79.9. The molecule has 28 heavy (non-hydrogen) atoms. The third kappa shape index (κ3) is 6.12.